The molecule has 0 unspecified atom stereocenters. The summed E-state index contributed by atoms with van der Waals surface area (Å²) in [7, 11) is 0. The van der Waals surface area contributed by atoms with Crippen molar-refractivity contribution in [3.05, 3.63) is 53.6 Å². The van der Waals surface area contributed by atoms with Gasteiger partial charge in [-0.1, -0.05) is 38.1 Å². The van der Waals surface area contributed by atoms with Gasteiger partial charge in [0, 0.05) is 31.9 Å². The molecule has 0 aliphatic carbocycles. The first-order valence-corrected chi connectivity index (χ1v) is 7.62. The molecule has 108 valence electrons. The summed E-state index contributed by atoms with van der Waals surface area (Å²) in [6.45, 7) is 7.32. The summed E-state index contributed by atoms with van der Waals surface area (Å²) < 4.78 is 2.27. The van der Waals surface area contributed by atoms with Gasteiger partial charge in [-0.05, 0) is 30.5 Å². The van der Waals surface area contributed by atoms with Crippen LogP contribution in [0, 0.1) is 0 Å². The number of rotatable bonds is 8. The topological polar surface area (TPSA) is 29.9 Å². The third kappa shape index (κ3) is 3.94. The van der Waals surface area contributed by atoms with Crippen molar-refractivity contribution in [1.82, 2.24) is 14.9 Å². The van der Waals surface area contributed by atoms with Crippen molar-refractivity contribution in [1.29, 1.82) is 0 Å². The molecule has 2 rings (SSSR count). The maximum Gasteiger partial charge on any atom is 0.108 e. The predicted octanol–water partition coefficient (Wildman–Crippen LogP) is 3.38. The minimum atomic E-state index is 0.916. The molecular weight excluding hydrogens is 246 g/mol. The minimum absolute atomic E-state index is 0.916. The summed E-state index contributed by atoms with van der Waals surface area (Å²) in [6, 6.07) is 8.68. The molecule has 0 atom stereocenters. The highest BCUT2D eigenvalue weighted by molar-refractivity contribution is 5.27. The Bertz CT molecular complexity index is 516. The van der Waals surface area contributed by atoms with E-state index in [0.717, 1.165) is 32.5 Å². The molecule has 1 aromatic carbocycles. The van der Waals surface area contributed by atoms with Gasteiger partial charge in [0.15, 0.2) is 0 Å². The van der Waals surface area contributed by atoms with E-state index in [9.17, 15) is 0 Å². The van der Waals surface area contributed by atoms with Crippen LogP contribution in [0.1, 0.15) is 43.6 Å². The smallest absolute Gasteiger partial charge is 0.108 e. The summed E-state index contributed by atoms with van der Waals surface area (Å²) in [4.78, 5) is 4.45. The van der Waals surface area contributed by atoms with Crippen LogP contribution in [0.15, 0.2) is 36.7 Å². The van der Waals surface area contributed by atoms with Crippen molar-refractivity contribution in [2.75, 3.05) is 6.54 Å². The van der Waals surface area contributed by atoms with E-state index in [1.54, 1.807) is 0 Å². The van der Waals surface area contributed by atoms with E-state index in [1.807, 2.05) is 6.20 Å². The second-order valence-corrected chi connectivity index (χ2v) is 5.17. The molecule has 0 fully saturated rings. The van der Waals surface area contributed by atoms with Gasteiger partial charge in [-0.2, -0.15) is 0 Å². The van der Waals surface area contributed by atoms with Gasteiger partial charge in [-0.25, -0.2) is 4.98 Å². The van der Waals surface area contributed by atoms with Gasteiger partial charge >= 0.3 is 0 Å². The van der Waals surface area contributed by atoms with E-state index in [2.05, 4.69) is 59.2 Å². The molecule has 2 aromatic rings. The van der Waals surface area contributed by atoms with Crippen LogP contribution in [-0.4, -0.2) is 16.1 Å². The number of aryl methyl sites for hydroxylation is 1. The van der Waals surface area contributed by atoms with Crippen LogP contribution in [0.3, 0.4) is 0 Å². The van der Waals surface area contributed by atoms with Crippen LogP contribution < -0.4 is 5.32 Å². The zero-order chi connectivity index (χ0) is 14.2. The number of aromatic nitrogens is 2. The highest BCUT2D eigenvalue weighted by Crippen LogP contribution is 2.12. The van der Waals surface area contributed by atoms with E-state index in [1.165, 1.54) is 23.4 Å². The third-order valence-electron chi connectivity index (χ3n) is 3.48. The number of nitrogens with zero attached hydrogens (tertiary/aromatic N) is 2. The van der Waals surface area contributed by atoms with Crippen molar-refractivity contribution in [3.8, 4) is 0 Å². The Balaban J connectivity index is 2.10. The Morgan fingerprint density at radius 1 is 1.10 bits per heavy atom. The number of nitrogens with one attached hydrogen (secondary N) is 1. The highest BCUT2D eigenvalue weighted by atomic mass is 15.1. The van der Waals surface area contributed by atoms with Gasteiger partial charge in [0.2, 0.25) is 0 Å². The van der Waals surface area contributed by atoms with Gasteiger partial charge in [0.25, 0.3) is 0 Å². The lowest BCUT2D eigenvalue weighted by molar-refractivity contribution is 0.658. The summed E-state index contributed by atoms with van der Waals surface area (Å²) >= 11 is 0. The normalized spacial score (nSPS) is 10.9. The lowest BCUT2D eigenvalue weighted by atomic mass is 10.1. The molecule has 0 aliphatic heterocycles. The average Bonchev–Trinajstić information content (AvgIpc) is 2.89. The molecule has 20 heavy (non-hydrogen) atoms. The fourth-order valence-electron chi connectivity index (χ4n) is 2.40. The SMILES string of the molecule is CCCNCc1ccccc1Cn1ccnc1CCC. The zero-order valence-corrected chi connectivity index (χ0v) is 12.6. The van der Waals surface area contributed by atoms with Crippen LogP contribution in [0.25, 0.3) is 0 Å². The number of hydrogen-bond acceptors (Lipinski definition) is 2. The van der Waals surface area contributed by atoms with Crippen molar-refractivity contribution in [2.45, 2.75) is 46.2 Å². The van der Waals surface area contributed by atoms with Gasteiger partial charge in [0.05, 0.1) is 0 Å². The van der Waals surface area contributed by atoms with Crippen molar-refractivity contribution in [2.24, 2.45) is 0 Å². The predicted molar refractivity (Wildman–Crippen MR) is 83.8 cm³/mol. The molecule has 0 amide bonds. The van der Waals surface area contributed by atoms with E-state index in [0.29, 0.717) is 0 Å². The average molecular weight is 271 g/mol. The number of hydrogen-bond donors (Lipinski definition) is 1. The molecule has 0 spiro atoms. The molecule has 0 saturated heterocycles. The lowest BCUT2D eigenvalue weighted by Gasteiger charge is -2.12. The van der Waals surface area contributed by atoms with E-state index < -0.39 is 0 Å². The second kappa shape index (κ2) is 7.85. The van der Waals surface area contributed by atoms with Gasteiger partial charge < -0.3 is 9.88 Å². The van der Waals surface area contributed by atoms with E-state index in [4.69, 9.17) is 0 Å². The molecule has 3 nitrogen and oxygen atoms in total. The van der Waals surface area contributed by atoms with Crippen LogP contribution >= 0.6 is 0 Å². The fourth-order valence-corrected chi connectivity index (χ4v) is 2.40. The summed E-state index contributed by atoms with van der Waals surface area (Å²) in [5.74, 6) is 1.18. The standard InChI is InChI=1S/C17H25N3/c1-3-7-17-19-11-12-20(17)14-16-9-6-5-8-15(16)13-18-10-4-2/h5-6,8-9,11-12,18H,3-4,7,10,13-14H2,1-2H3. The Labute approximate surface area is 122 Å². The monoisotopic (exact) mass is 271 g/mol. The van der Waals surface area contributed by atoms with Crippen LogP contribution in [0.4, 0.5) is 0 Å². The molecule has 1 heterocycles. The van der Waals surface area contributed by atoms with Crippen molar-refractivity contribution >= 4 is 0 Å². The van der Waals surface area contributed by atoms with Gasteiger partial charge in [-0.15, -0.1) is 0 Å². The third-order valence-corrected chi connectivity index (χ3v) is 3.48. The first-order valence-electron chi connectivity index (χ1n) is 7.62. The molecule has 0 radical (unpaired) electrons. The van der Waals surface area contributed by atoms with E-state index >= 15 is 0 Å². The summed E-state index contributed by atoms with van der Waals surface area (Å²) in [5.41, 5.74) is 2.77. The summed E-state index contributed by atoms with van der Waals surface area (Å²) in [5, 5.41) is 3.49. The lowest BCUT2D eigenvalue weighted by Crippen LogP contribution is -2.16. The molecule has 3 heteroatoms. The Morgan fingerprint density at radius 3 is 2.65 bits per heavy atom. The molecule has 0 saturated carbocycles. The van der Waals surface area contributed by atoms with Crippen molar-refractivity contribution in [3.63, 3.8) is 0 Å². The van der Waals surface area contributed by atoms with Crippen molar-refractivity contribution < 1.29 is 0 Å². The summed E-state index contributed by atoms with van der Waals surface area (Å²) in [6.07, 6.45) is 7.34. The maximum atomic E-state index is 4.45. The number of benzene rings is 1. The maximum absolute atomic E-state index is 4.45. The van der Waals surface area contributed by atoms with Gasteiger partial charge in [0.1, 0.15) is 5.82 Å². The Kier molecular flexibility index (Phi) is 5.81. The Hall–Kier alpha value is -1.61. The van der Waals surface area contributed by atoms with Crippen LogP contribution in [-0.2, 0) is 19.5 Å². The van der Waals surface area contributed by atoms with E-state index in [-0.39, 0.29) is 0 Å². The Morgan fingerprint density at radius 2 is 1.90 bits per heavy atom. The molecule has 1 aromatic heterocycles. The molecular formula is C17H25N3. The molecule has 0 bridgehead atoms. The molecule has 1 N–H and O–H groups in total. The first-order chi connectivity index (χ1) is 9.85. The largest absolute Gasteiger partial charge is 0.331 e. The first kappa shape index (κ1) is 14.8. The highest BCUT2D eigenvalue weighted by Gasteiger charge is 2.06. The molecule has 0 aliphatic rings. The minimum Gasteiger partial charge on any atom is -0.331 e. The second-order valence-electron chi connectivity index (χ2n) is 5.17. The number of imidazole rings is 1. The van der Waals surface area contributed by atoms with Crippen LogP contribution in [0.5, 0.6) is 0 Å². The van der Waals surface area contributed by atoms with Crippen LogP contribution in [0.2, 0.25) is 0 Å². The fraction of sp³-hybridized carbons (Fsp3) is 0.471. The van der Waals surface area contributed by atoms with Gasteiger partial charge in [-0.3, -0.25) is 0 Å². The quantitative estimate of drug-likeness (QED) is 0.746. The zero-order valence-electron chi connectivity index (χ0n) is 12.6.